The third-order valence-corrected chi connectivity index (χ3v) is 3.81. The van der Waals surface area contributed by atoms with Crippen LogP contribution >= 0.6 is 0 Å². The molecule has 0 bridgehead atoms. The number of hydrogen-bond acceptors (Lipinski definition) is 4. The molecule has 4 nitrogen and oxygen atoms in total. The van der Waals surface area contributed by atoms with Crippen LogP contribution < -0.4 is 15.5 Å². The normalized spacial score (nSPS) is 17.5. The van der Waals surface area contributed by atoms with E-state index in [1.54, 1.807) is 19.2 Å². The summed E-state index contributed by atoms with van der Waals surface area (Å²) < 4.78 is 19.3. The SMILES string of the molecule is COc1ccc(N2N=C(CN)CC2c2ccccc2F)cc1. The molecule has 1 atom stereocenters. The van der Waals surface area contributed by atoms with Crippen molar-refractivity contribution in [3.05, 3.63) is 59.9 Å². The largest absolute Gasteiger partial charge is 0.497 e. The number of hydrazone groups is 1. The van der Waals surface area contributed by atoms with Crippen LogP contribution in [0.5, 0.6) is 5.75 Å². The lowest BCUT2D eigenvalue weighted by atomic mass is 10.0. The third kappa shape index (κ3) is 2.67. The van der Waals surface area contributed by atoms with Gasteiger partial charge in [0.15, 0.2) is 0 Å². The average Bonchev–Trinajstić information content (AvgIpc) is 2.99. The van der Waals surface area contributed by atoms with Crippen molar-refractivity contribution in [2.75, 3.05) is 18.7 Å². The average molecular weight is 299 g/mol. The van der Waals surface area contributed by atoms with E-state index < -0.39 is 0 Å². The molecule has 0 amide bonds. The van der Waals surface area contributed by atoms with Crippen molar-refractivity contribution in [2.45, 2.75) is 12.5 Å². The zero-order chi connectivity index (χ0) is 15.5. The fourth-order valence-corrected chi connectivity index (χ4v) is 2.66. The Labute approximate surface area is 129 Å². The van der Waals surface area contributed by atoms with Gasteiger partial charge in [0, 0.05) is 18.5 Å². The number of nitrogens with two attached hydrogens (primary N) is 1. The molecule has 5 heteroatoms. The van der Waals surface area contributed by atoms with Crippen molar-refractivity contribution < 1.29 is 9.13 Å². The van der Waals surface area contributed by atoms with Crippen molar-refractivity contribution in [2.24, 2.45) is 10.8 Å². The first-order chi connectivity index (χ1) is 10.7. The summed E-state index contributed by atoms with van der Waals surface area (Å²) >= 11 is 0. The van der Waals surface area contributed by atoms with E-state index in [9.17, 15) is 4.39 Å². The molecule has 1 aliphatic rings. The van der Waals surface area contributed by atoms with Crippen molar-refractivity contribution in [1.82, 2.24) is 0 Å². The maximum absolute atomic E-state index is 14.2. The first kappa shape index (κ1) is 14.5. The second-order valence-corrected chi connectivity index (χ2v) is 5.15. The third-order valence-electron chi connectivity index (χ3n) is 3.81. The standard InChI is InChI=1S/C17H18FN3O/c1-22-14-8-6-13(7-9-14)21-17(10-12(11-19)20-21)15-4-2-3-5-16(15)18/h2-9,17H,10-11,19H2,1H3. The topological polar surface area (TPSA) is 50.8 Å². The minimum absolute atomic E-state index is 0.173. The van der Waals surface area contributed by atoms with Gasteiger partial charge in [-0.05, 0) is 30.3 Å². The number of methoxy groups -OCH3 is 1. The maximum atomic E-state index is 14.2. The van der Waals surface area contributed by atoms with Crippen molar-refractivity contribution >= 4 is 11.4 Å². The minimum Gasteiger partial charge on any atom is -0.497 e. The molecule has 0 aromatic heterocycles. The van der Waals surface area contributed by atoms with Gasteiger partial charge in [0.2, 0.25) is 0 Å². The molecule has 2 aromatic rings. The molecule has 1 aliphatic heterocycles. The van der Waals surface area contributed by atoms with E-state index in [-0.39, 0.29) is 11.9 Å². The summed E-state index contributed by atoms with van der Waals surface area (Å²) in [6.07, 6.45) is 0.628. The number of ether oxygens (including phenoxy) is 1. The van der Waals surface area contributed by atoms with Gasteiger partial charge in [0.1, 0.15) is 11.6 Å². The summed E-state index contributed by atoms with van der Waals surface area (Å²) in [5, 5.41) is 6.38. The van der Waals surface area contributed by atoms with Crippen LogP contribution in [0.4, 0.5) is 10.1 Å². The van der Waals surface area contributed by atoms with Crippen molar-refractivity contribution in [1.29, 1.82) is 0 Å². The number of benzene rings is 2. The highest BCUT2D eigenvalue weighted by atomic mass is 19.1. The van der Waals surface area contributed by atoms with Gasteiger partial charge in [-0.15, -0.1) is 0 Å². The van der Waals surface area contributed by atoms with Gasteiger partial charge in [0.05, 0.1) is 24.6 Å². The van der Waals surface area contributed by atoms with E-state index >= 15 is 0 Å². The van der Waals surface area contributed by atoms with E-state index in [0.717, 1.165) is 17.1 Å². The Bertz CT molecular complexity index is 685. The van der Waals surface area contributed by atoms with Gasteiger partial charge in [-0.25, -0.2) is 4.39 Å². The summed E-state index contributed by atoms with van der Waals surface area (Å²) in [6, 6.07) is 14.2. The Morgan fingerprint density at radius 2 is 1.95 bits per heavy atom. The van der Waals surface area contributed by atoms with Crippen LogP contribution in [0.25, 0.3) is 0 Å². The van der Waals surface area contributed by atoms with Crippen LogP contribution in [0.1, 0.15) is 18.0 Å². The number of hydrogen-bond donors (Lipinski definition) is 1. The molecular weight excluding hydrogens is 281 g/mol. The summed E-state index contributed by atoms with van der Waals surface area (Å²) in [7, 11) is 1.62. The molecule has 0 fully saturated rings. The fraction of sp³-hybridized carbons (Fsp3) is 0.235. The molecule has 0 aliphatic carbocycles. The van der Waals surface area contributed by atoms with Crippen LogP contribution in [0.2, 0.25) is 0 Å². The molecule has 22 heavy (non-hydrogen) atoms. The molecule has 0 saturated heterocycles. The lowest BCUT2D eigenvalue weighted by molar-refractivity contribution is 0.415. The predicted octanol–water partition coefficient (Wildman–Crippen LogP) is 3.10. The Hall–Kier alpha value is -2.40. The Balaban J connectivity index is 1.97. The van der Waals surface area contributed by atoms with Crippen LogP contribution in [0.15, 0.2) is 53.6 Å². The Morgan fingerprint density at radius 3 is 2.59 bits per heavy atom. The molecule has 0 spiro atoms. The van der Waals surface area contributed by atoms with Crippen LogP contribution in [0.3, 0.4) is 0 Å². The van der Waals surface area contributed by atoms with Crippen LogP contribution in [0, 0.1) is 5.82 Å². The number of rotatable bonds is 4. The van der Waals surface area contributed by atoms with Gasteiger partial charge < -0.3 is 10.5 Å². The molecule has 114 valence electrons. The van der Waals surface area contributed by atoms with E-state index in [1.807, 2.05) is 35.3 Å². The monoisotopic (exact) mass is 299 g/mol. The zero-order valence-corrected chi connectivity index (χ0v) is 12.4. The Morgan fingerprint density at radius 1 is 1.23 bits per heavy atom. The molecule has 3 rings (SSSR count). The summed E-state index contributed by atoms with van der Waals surface area (Å²) in [5.74, 6) is 0.549. The van der Waals surface area contributed by atoms with Gasteiger partial charge in [0.25, 0.3) is 0 Å². The lowest BCUT2D eigenvalue weighted by Gasteiger charge is -2.24. The second kappa shape index (κ2) is 6.15. The van der Waals surface area contributed by atoms with E-state index in [4.69, 9.17) is 10.5 Å². The quantitative estimate of drug-likeness (QED) is 0.944. The highest BCUT2D eigenvalue weighted by Crippen LogP contribution is 2.36. The van der Waals surface area contributed by atoms with Gasteiger partial charge >= 0.3 is 0 Å². The smallest absolute Gasteiger partial charge is 0.128 e. The van der Waals surface area contributed by atoms with Crippen LogP contribution in [-0.4, -0.2) is 19.4 Å². The summed E-state index contributed by atoms with van der Waals surface area (Å²) in [5.41, 5.74) is 8.11. The number of halogens is 1. The molecule has 1 unspecified atom stereocenters. The number of anilines is 1. The summed E-state index contributed by atoms with van der Waals surface area (Å²) in [4.78, 5) is 0. The zero-order valence-electron chi connectivity index (χ0n) is 12.4. The predicted molar refractivity (Wildman–Crippen MR) is 85.7 cm³/mol. The fourth-order valence-electron chi connectivity index (χ4n) is 2.66. The molecule has 2 aromatic carbocycles. The van der Waals surface area contributed by atoms with Crippen LogP contribution in [-0.2, 0) is 0 Å². The van der Waals surface area contributed by atoms with Gasteiger partial charge in [-0.2, -0.15) is 5.10 Å². The highest BCUT2D eigenvalue weighted by Gasteiger charge is 2.30. The number of nitrogens with zero attached hydrogens (tertiary/aromatic N) is 2. The maximum Gasteiger partial charge on any atom is 0.128 e. The van der Waals surface area contributed by atoms with Gasteiger partial charge in [-0.1, -0.05) is 18.2 Å². The molecular formula is C17H18FN3O. The van der Waals surface area contributed by atoms with Crippen molar-refractivity contribution in [3.8, 4) is 5.75 Å². The summed E-state index contributed by atoms with van der Waals surface area (Å²) in [6.45, 7) is 0.373. The second-order valence-electron chi connectivity index (χ2n) is 5.15. The lowest BCUT2D eigenvalue weighted by Crippen LogP contribution is -2.19. The Kier molecular flexibility index (Phi) is 4.06. The van der Waals surface area contributed by atoms with E-state index in [1.165, 1.54) is 6.07 Å². The molecule has 2 N–H and O–H groups in total. The van der Waals surface area contributed by atoms with E-state index in [0.29, 0.717) is 18.5 Å². The minimum atomic E-state index is -0.223. The van der Waals surface area contributed by atoms with Gasteiger partial charge in [-0.3, -0.25) is 5.01 Å². The molecule has 1 heterocycles. The van der Waals surface area contributed by atoms with E-state index in [2.05, 4.69) is 5.10 Å². The first-order valence-electron chi connectivity index (χ1n) is 7.17. The highest BCUT2D eigenvalue weighted by molar-refractivity contribution is 5.90. The van der Waals surface area contributed by atoms with Crippen molar-refractivity contribution in [3.63, 3.8) is 0 Å². The molecule has 0 radical (unpaired) electrons. The molecule has 0 saturated carbocycles. The first-order valence-corrected chi connectivity index (χ1v) is 7.17.